The molecule has 2 aromatic carbocycles. The molecule has 1 amide bonds. The molecule has 0 bridgehead atoms. The predicted molar refractivity (Wildman–Crippen MR) is 167 cm³/mol. The van der Waals surface area contributed by atoms with Gasteiger partial charge in [-0.3, -0.25) is 4.79 Å². The SMILES string of the molecule is C=CC(=O)N1C[C@@H]2COc3c(OC[C@@H]4CCCN4C)nc4c(c3N2C[C@H]1C)CCN(c1cccc2cccc(C)c12)C4. The van der Waals surface area contributed by atoms with Crippen LogP contribution in [0.4, 0.5) is 11.4 Å². The summed E-state index contributed by atoms with van der Waals surface area (Å²) in [5, 5.41) is 2.57. The van der Waals surface area contributed by atoms with Gasteiger partial charge >= 0.3 is 0 Å². The van der Waals surface area contributed by atoms with Crippen LogP contribution in [-0.2, 0) is 17.8 Å². The topological polar surface area (TPSA) is 61.4 Å². The molecule has 3 aromatic rings. The fourth-order valence-electron chi connectivity index (χ4n) is 7.45. The summed E-state index contributed by atoms with van der Waals surface area (Å²) in [6.07, 6.45) is 4.63. The number of aryl methyl sites for hydroxylation is 1. The monoisotopic (exact) mass is 567 g/mol. The van der Waals surface area contributed by atoms with Crippen LogP contribution >= 0.6 is 0 Å². The molecule has 4 aliphatic rings. The van der Waals surface area contributed by atoms with Crippen molar-refractivity contribution in [2.75, 3.05) is 56.2 Å². The molecular weight excluding hydrogens is 526 g/mol. The summed E-state index contributed by atoms with van der Waals surface area (Å²) in [5.41, 5.74) is 5.97. The number of carbonyl (C=O) groups excluding carboxylic acids is 1. The third-order valence-electron chi connectivity index (χ3n) is 9.77. The number of benzene rings is 2. The van der Waals surface area contributed by atoms with E-state index in [1.165, 1.54) is 40.1 Å². The number of carbonyl (C=O) groups is 1. The Hall–Kier alpha value is -3.78. The lowest BCUT2D eigenvalue weighted by Crippen LogP contribution is -2.62. The van der Waals surface area contributed by atoms with Crippen molar-refractivity contribution in [3.05, 3.63) is 65.9 Å². The summed E-state index contributed by atoms with van der Waals surface area (Å²) in [4.78, 5) is 27.1. The number of pyridine rings is 1. The molecule has 0 unspecified atom stereocenters. The van der Waals surface area contributed by atoms with Gasteiger partial charge in [0, 0.05) is 48.4 Å². The highest BCUT2D eigenvalue weighted by Gasteiger charge is 2.42. The number of piperazine rings is 1. The van der Waals surface area contributed by atoms with E-state index in [0.717, 1.165) is 49.6 Å². The third-order valence-corrected chi connectivity index (χ3v) is 9.77. The number of aromatic nitrogens is 1. The third kappa shape index (κ3) is 4.56. The molecule has 2 fully saturated rings. The van der Waals surface area contributed by atoms with Crippen LogP contribution < -0.4 is 19.3 Å². The molecule has 1 aromatic heterocycles. The van der Waals surface area contributed by atoms with Crippen LogP contribution in [0.2, 0.25) is 0 Å². The first-order chi connectivity index (χ1) is 20.4. The summed E-state index contributed by atoms with van der Waals surface area (Å²) in [5.74, 6) is 1.36. The lowest BCUT2D eigenvalue weighted by atomic mass is 9.95. The van der Waals surface area contributed by atoms with Gasteiger partial charge in [-0.1, -0.05) is 36.9 Å². The van der Waals surface area contributed by atoms with Crippen LogP contribution in [0.5, 0.6) is 11.6 Å². The average molecular weight is 568 g/mol. The number of rotatable bonds is 5. The molecule has 0 aliphatic carbocycles. The van der Waals surface area contributed by atoms with Crippen molar-refractivity contribution in [3.63, 3.8) is 0 Å². The largest absolute Gasteiger partial charge is 0.484 e. The lowest BCUT2D eigenvalue weighted by molar-refractivity contribution is -0.129. The average Bonchev–Trinajstić information content (AvgIpc) is 3.42. The maximum absolute atomic E-state index is 12.6. The predicted octanol–water partition coefficient (Wildman–Crippen LogP) is 4.56. The molecule has 5 heterocycles. The smallest absolute Gasteiger partial charge is 0.259 e. The van der Waals surface area contributed by atoms with Gasteiger partial charge in [0.2, 0.25) is 11.7 Å². The fourth-order valence-corrected chi connectivity index (χ4v) is 7.45. The number of likely N-dealkylation sites (tertiary alicyclic amines) is 1. The number of nitrogens with zero attached hydrogens (tertiary/aromatic N) is 5. The molecule has 7 rings (SSSR count). The number of likely N-dealkylation sites (N-methyl/N-ethyl adjacent to an activating group) is 1. The van der Waals surface area contributed by atoms with E-state index in [1.807, 2.05) is 4.90 Å². The molecule has 42 heavy (non-hydrogen) atoms. The number of hydrogen-bond donors (Lipinski definition) is 0. The minimum atomic E-state index is -0.0181. The Balaban J connectivity index is 1.27. The van der Waals surface area contributed by atoms with E-state index in [2.05, 4.69) is 78.6 Å². The minimum Gasteiger partial charge on any atom is -0.484 e. The van der Waals surface area contributed by atoms with Crippen molar-refractivity contribution >= 4 is 28.1 Å². The summed E-state index contributed by atoms with van der Waals surface area (Å²) in [7, 11) is 2.17. The Morgan fingerprint density at radius 1 is 1.19 bits per heavy atom. The Labute approximate surface area is 248 Å². The van der Waals surface area contributed by atoms with Gasteiger partial charge in [-0.05, 0) is 69.8 Å². The Bertz CT molecular complexity index is 1530. The molecule has 0 N–H and O–H groups in total. The van der Waals surface area contributed by atoms with Gasteiger partial charge < -0.3 is 29.1 Å². The first kappa shape index (κ1) is 27.1. The van der Waals surface area contributed by atoms with Crippen molar-refractivity contribution in [3.8, 4) is 11.6 Å². The van der Waals surface area contributed by atoms with Crippen molar-refractivity contribution in [1.29, 1.82) is 0 Å². The number of fused-ring (bicyclic) bond motifs is 6. The lowest BCUT2D eigenvalue weighted by Gasteiger charge is -2.49. The van der Waals surface area contributed by atoms with Crippen LogP contribution in [-0.4, -0.2) is 85.3 Å². The van der Waals surface area contributed by atoms with E-state index in [1.54, 1.807) is 0 Å². The van der Waals surface area contributed by atoms with Gasteiger partial charge in [-0.2, -0.15) is 0 Å². The molecule has 2 saturated heterocycles. The maximum Gasteiger partial charge on any atom is 0.259 e. The van der Waals surface area contributed by atoms with E-state index in [9.17, 15) is 4.79 Å². The van der Waals surface area contributed by atoms with Crippen molar-refractivity contribution < 1.29 is 14.3 Å². The zero-order valence-corrected chi connectivity index (χ0v) is 25.0. The van der Waals surface area contributed by atoms with E-state index in [0.29, 0.717) is 38.2 Å². The van der Waals surface area contributed by atoms with Gasteiger partial charge in [0.1, 0.15) is 13.2 Å². The van der Waals surface area contributed by atoms with Gasteiger partial charge in [0.25, 0.3) is 5.88 Å². The van der Waals surface area contributed by atoms with Crippen LogP contribution in [0.25, 0.3) is 10.8 Å². The van der Waals surface area contributed by atoms with Gasteiger partial charge in [-0.25, -0.2) is 4.98 Å². The second-order valence-corrected chi connectivity index (χ2v) is 12.4. The maximum atomic E-state index is 12.6. The fraction of sp³-hybridized carbons (Fsp3) is 0.471. The summed E-state index contributed by atoms with van der Waals surface area (Å²) in [6, 6.07) is 13.6. The highest BCUT2D eigenvalue weighted by Crippen LogP contribution is 2.47. The number of ether oxygens (including phenoxy) is 2. The Kier molecular flexibility index (Phi) is 6.97. The molecule has 8 nitrogen and oxygen atoms in total. The molecule has 0 radical (unpaired) electrons. The number of hydrogen-bond acceptors (Lipinski definition) is 7. The summed E-state index contributed by atoms with van der Waals surface area (Å²) < 4.78 is 13.0. The first-order valence-electron chi connectivity index (χ1n) is 15.4. The Morgan fingerprint density at radius 3 is 2.81 bits per heavy atom. The zero-order valence-electron chi connectivity index (χ0n) is 25.0. The van der Waals surface area contributed by atoms with Crippen LogP contribution in [0.1, 0.15) is 36.6 Å². The Morgan fingerprint density at radius 2 is 2.02 bits per heavy atom. The number of anilines is 2. The molecular formula is C34H41N5O3. The molecule has 0 saturated carbocycles. The standard InChI is InChI=1S/C34H41N5O3/c1-5-30(40)38-18-26-21-41-33-32(39(26)17-23(38)3)27-14-16-37(29-13-7-11-24-10-6-9-22(2)31(24)29)19-28(27)35-34(33)42-20-25-12-8-15-36(25)4/h5-7,9-11,13,23,25-26H,1,8,12,14-21H2,2-4H3/t23-,25+,26-/m1/s1. The van der Waals surface area contributed by atoms with E-state index in [4.69, 9.17) is 14.5 Å². The van der Waals surface area contributed by atoms with Crippen LogP contribution in [0.15, 0.2) is 49.1 Å². The van der Waals surface area contributed by atoms with Crippen molar-refractivity contribution in [2.45, 2.75) is 57.8 Å². The van der Waals surface area contributed by atoms with Gasteiger partial charge in [0.15, 0.2) is 0 Å². The highest BCUT2D eigenvalue weighted by atomic mass is 16.5. The van der Waals surface area contributed by atoms with Crippen LogP contribution in [0, 0.1) is 6.92 Å². The van der Waals surface area contributed by atoms with Crippen molar-refractivity contribution in [1.82, 2.24) is 14.8 Å². The molecule has 3 atom stereocenters. The number of amides is 1. The molecule has 4 aliphatic heterocycles. The van der Waals surface area contributed by atoms with Crippen molar-refractivity contribution in [2.24, 2.45) is 0 Å². The second kappa shape index (κ2) is 10.8. The van der Waals surface area contributed by atoms with E-state index in [-0.39, 0.29) is 18.0 Å². The van der Waals surface area contributed by atoms with E-state index < -0.39 is 0 Å². The second-order valence-electron chi connectivity index (χ2n) is 12.4. The molecule has 220 valence electrons. The quantitative estimate of drug-likeness (QED) is 0.419. The molecule has 0 spiro atoms. The first-order valence-corrected chi connectivity index (χ1v) is 15.4. The molecule has 8 heteroatoms. The highest BCUT2D eigenvalue weighted by molar-refractivity contribution is 5.97. The summed E-state index contributed by atoms with van der Waals surface area (Å²) >= 11 is 0. The van der Waals surface area contributed by atoms with Crippen LogP contribution in [0.3, 0.4) is 0 Å². The zero-order chi connectivity index (χ0) is 29.0. The van der Waals surface area contributed by atoms with E-state index >= 15 is 0 Å². The minimum absolute atomic E-state index is 0.0181. The van der Waals surface area contributed by atoms with Gasteiger partial charge in [-0.15, -0.1) is 0 Å². The summed E-state index contributed by atoms with van der Waals surface area (Å²) in [6.45, 7) is 13.2. The van der Waals surface area contributed by atoms with Gasteiger partial charge in [0.05, 0.1) is 24.0 Å². The normalized spacial score (nSPS) is 23.7.